The maximum atomic E-state index is 12.6. The Morgan fingerprint density at radius 2 is 0.650 bits per heavy atom. The van der Waals surface area contributed by atoms with Gasteiger partial charge in [-0.2, -0.15) is 0 Å². The van der Waals surface area contributed by atoms with Gasteiger partial charge in [0.2, 0.25) is 0 Å². The molecule has 0 aromatic rings. The van der Waals surface area contributed by atoms with Crippen LogP contribution in [-0.4, -0.2) is 42.8 Å². The summed E-state index contributed by atoms with van der Waals surface area (Å²) in [6.45, 7) is 5.56. The molecule has 9 heteroatoms. The maximum Gasteiger partial charge on any atom is 0.472 e. The molecule has 358 valence electrons. The van der Waals surface area contributed by atoms with Crippen molar-refractivity contribution in [3.05, 3.63) is 0 Å². The number of phosphoric acid groups is 1. The zero-order valence-corrected chi connectivity index (χ0v) is 41.0. The molecule has 0 aromatic carbocycles. The van der Waals surface area contributed by atoms with Crippen molar-refractivity contribution in [1.29, 1.82) is 0 Å². The lowest BCUT2D eigenvalue weighted by molar-refractivity contribution is -0.161. The quantitative estimate of drug-likeness (QED) is 0.0366. The standard InChI is InChI=1S/C51H101O8P/c1-4-7-9-11-13-15-17-19-21-23-24-25-26-27-28-30-32-34-36-38-40-42-44-46-51(53)59-49(48-58-60(54,55)57-6-3)47-56-50(52)45-43-41-39-37-35-33-31-29-22-20-18-16-14-12-10-8-5-2/h49H,4-48H2,1-3H3,(H,54,55). The lowest BCUT2D eigenvalue weighted by Crippen LogP contribution is -2.29. The molecule has 0 saturated heterocycles. The van der Waals surface area contributed by atoms with Gasteiger partial charge in [0.15, 0.2) is 6.10 Å². The van der Waals surface area contributed by atoms with E-state index in [4.69, 9.17) is 18.5 Å². The second-order valence-electron chi connectivity index (χ2n) is 17.9. The van der Waals surface area contributed by atoms with Crippen molar-refractivity contribution < 1.29 is 37.6 Å². The van der Waals surface area contributed by atoms with E-state index in [1.807, 2.05) is 0 Å². The molecular formula is C51H101O8P. The van der Waals surface area contributed by atoms with Crippen LogP contribution in [0.1, 0.15) is 290 Å². The Labute approximate surface area is 372 Å². The fourth-order valence-corrected chi connectivity index (χ4v) is 8.80. The molecule has 0 spiro atoms. The first-order chi connectivity index (χ1) is 29.3. The molecule has 0 bridgehead atoms. The van der Waals surface area contributed by atoms with E-state index in [0.29, 0.717) is 6.42 Å². The fourth-order valence-electron chi connectivity index (χ4n) is 8.05. The number of hydrogen-bond donors (Lipinski definition) is 1. The molecule has 1 N–H and O–H groups in total. The number of ether oxygens (including phenoxy) is 2. The molecule has 0 aliphatic rings. The molecule has 8 nitrogen and oxygen atoms in total. The van der Waals surface area contributed by atoms with Crippen LogP contribution in [0.3, 0.4) is 0 Å². The van der Waals surface area contributed by atoms with Crippen LogP contribution in [0.4, 0.5) is 0 Å². The lowest BCUT2D eigenvalue weighted by atomic mass is 10.0. The average Bonchev–Trinajstić information content (AvgIpc) is 3.23. The highest BCUT2D eigenvalue weighted by atomic mass is 31.2. The van der Waals surface area contributed by atoms with Crippen molar-refractivity contribution in [3.63, 3.8) is 0 Å². The summed E-state index contributed by atoms with van der Waals surface area (Å²) in [5.74, 6) is -0.774. The van der Waals surface area contributed by atoms with Gasteiger partial charge in [0.1, 0.15) is 6.61 Å². The van der Waals surface area contributed by atoms with Crippen LogP contribution in [-0.2, 0) is 32.7 Å². The van der Waals surface area contributed by atoms with Crippen LogP contribution in [0.2, 0.25) is 0 Å². The van der Waals surface area contributed by atoms with E-state index < -0.39 is 19.9 Å². The van der Waals surface area contributed by atoms with Gasteiger partial charge < -0.3 is 14.4 Å². The summed E-state index contributed by atoms with van der Waals surface area (Å²) < 4.78 is 32.8. The number of phosphoric ester groups is 1. The minimum Gasteiger partial charge on any atom is -0.462 e. The van der Waals surface area contributed by atoms with Crippen LogP contribution in [0.25, 0.3) is 0 Å². The normalized spacial score (nSPS) is 13.1. The second-order valence-corrected chi connectivity index (χ2v) is 19.4. The predicted molar refractivity (Wildman–Crippen MR) is 254 cm³/mol. The molecule has 0 aliphatic carbocycles. The number of unbranched alkanes of at least 4 members (excludes halogenated alkanes) is 38. The Balaban J connectivity index is 3.89. The highest BCUT2D eigenvalue weighted by Crippen LogP contribution is 2.43. The Morgan fingerprint density at radius 1 is 0.383 bits per heavy atom. The van der Waals surface area contributed by atoms with Crippen LogP contribution in [0.5, 0.6) is 0 Å². The van der Waals surface area contributed by atoms with Gasteiger partial charge >= 0.3 is 19.8 Å². The molecular weight excluding hydrogens is 772 g/mol. The summed E-state index contributed by atoms with van der Waals surface area (Å²) in [6, 6.07) is 0. The zero-order valence-electron chi connectivity index (χ0n) is 40.1. The number of carbonyl (C=O) groups excluding carboxylic acids is 2. The fraction of sp³-hybridized carbons (Fsp3) is 0.961. The van der Waals surface area contributed by atoms with Gasteiger partial charge in [-0.25, -0.2) is 4.57 Å². The summed E-state index contributed by atoms with van der Waals surface area (Å²) in [4.78, 5) is 34.9. The van der Waals surface area contributed by atoms with Crippen molar-refractivity contribution in [2.45, 2.75) is 297 Å². The molecule has 0 fully saturated rings. The molecule has 0 aromatic heterocycles. The molecule has 2 unspecified atom stereocenters. The zero-order chi connectivity index (χ0) is 43.9. The summed E-state index contributed by atoms with van der Waals surface area (Å²) in [6.07, 6.45) is 51.7. The minimum atomic E-state index is -4.28. The molecule has 0 heterocycles. The van der Waals surface area contributed by atoms with E-state index in [1.54, 1.807) is 6.92 Å². The molecule has 0 saturated carbocycles. The highest BCUT2D eigenvalue weighted by Gasteiger charge is 2.25. The van der Waals surface area contributed by atoms with Crippen molar-refractivity contribution in [3.8, 4) is 0 Å². The van der Waals surface area contributed by atoms with Gasteiger partial charge in [0.25, 0.3) is 0 Å². The summed E-state index contributed by atoms with van der Waals surface area (Å²) in [5, 5.41) is 0. The Bertz CT molecular complexity index is 946. The molecule has 0 amide bonds. The van der Waals surface area contributed by atoms with Gasteiger partial charge in [-0.15, -0.1) is 0 Å². The third-order valence-corrected chi connectivity index (χ3v) is 13.0. The van der Waals surface area contributed by atoms with Crippen molar-refractivity contribution >= 4 is 19.8 Å². The first-order valence-corrected chi connectivity index (χ1v) is 27.8. The Kier molecular flexibility index (Phi) is 46.8. The van der Waals surface area contributed by atoms with Gasteiger partial charge in [-0.05, 0) is 19.8 Å². The first kappa shape index (κ1) is 59.0. The van der Waals surface area contributed by atoms with Crippen LogP contribution >= 0.6 is 7.82 Å². The molecule has 0 rings (SSSR count). The van der Waals surface area contributed by atoms with E-state index in [9.17, 15) is 19.0 Å². The molecule has 2 atom stereocenters. The lowest BCUT2D eigenvalue weighted by Gasteiger charge is -2.19. The molecule has 60 heavy (non-hydrogen) atoms. The molecule has 0 radical (unpaired) electrons. The number of rotatable bonds is 50. The number of carbonyl (C=O) groups is 2. The topological polar surface area (TPSA) is 108 Å². The van der Waals surface area contributed by atoms with Gasteiger partial charge in [0, 0.05) is 12.8 Å². The van der Waals surface area contributed by atoms with E-state index >= 15 is 0 Å². The smallest absolute Gasteiger partial charge is 0.462 e. The minimum absolute atomic E-state index is 0.00606. The Morgan fingerprint density at radius 3 is 0.933 bits per heavy atom. The predicted octanol–water partition coefficient (Wildman–Crippen LogP) is 17.0. The van der Waals surface area contributed by atoms with Gasteiger partial charge in [0.05, 0.1) is 13.2 Å². The van der Waals surface area contributed by atoms with Gasteiger partial charge in [-0.3, -0.25) is 18.6 Å². The maximum absolute atomic E-state index is 12.6. The monoisotopic (exact) mass is 873 g/mol. The van der Waals surface area contributed by atoms with E-state index in [0.717, 1.165) is 38.5 Å². The SMILES string of the molecule is CCCCCCCCCCCCCCCCCCCCCCCCCC(=O)OC(COC(=O)CCCCCCCCCCCCCCCCCCC)COP(=O)(O)OCC. The first-order valence-electron chi connectivity index (χ1n) is 26.3. The summed E-state index contributed by atoms with van der Waals surface area (Å²) >= 11 is 0. The number of hydrogen-bond acceptors (Lipinski definition) is 7. The van der Waals surface area contributed by atoms with Crippen molar-refractivity contribution in [2.24, 2.45) is 0 Å². The van der Waals surface area contributed by atoms with E-state index in [1.165, 1.54) is 218 Å². The van der Waals surface area contributed by atoms with Crippen molar-refractivity contribution in [2.75, 3.05) is 19.8 Å². The largest absolute Gasteiger partial charge is 0.472 e. The van der Waals surface area contributed by atoms with Crippen molar-refractivity contribution in [1.82, 2.24) is 0 Å². The second kappa shape index (κ2) is 47.5. The summed E-state index contributed by atoms with van der Waals surface area (Å²) in [7, 11) is -4.28. The van der Waals surface area contributed by atoms with Crippen LogP contribution in [0.15, 0.2) is 0 Å². The Hall–Kier alpha value is -0.950. The molecule has 0 aliphatic heterocycles. The summed E-state index contributed by atoms with van der Waals surface area (Å²) in [5.41, 5.74) is 0. The number of esters is 2. The third-order valence-electron chi connectivity index (χ3n) is 11.9. The average molecular weight is 873 g/mol. The third kappa shape index (κ3) is 46.6. The van der Waals surface area contributed by atoms with Crippen LogP contribution < -0.4 is 0 Å². The van der Waals surface area contributed by atoms with Gasteiger partial charge in [-0.1, -0.05) is 258 Å². The van der Waals surface area contributed by atoms with E-state index in [2.05, 4.69) is 13.8 Å². The van der Waals surface area contributed by atoms with Crippen LogP contribution in [0, 0.1) is 0 Å². The highest BCUT2D eigenvalue weighted by molar-refractivity contribution is 7.47. The van der Waals surface area contributed by atoms with E-state index in [-0.39, 0.29) is 32.2 Å².